The summed E-state index contributed by atoms with van der Waals surface area (Å²) in [5.41, 5.74) is 2.38. The molecule has 1 aliphatic rings. The van der Waals surface area contributed by atoms with Gasteiger partial charge < -0.3 is 19.5 Å². The fraction of sp³-hybridized carbons (Fsp3) is 0.435. The lowest BCUT2D eigenvalue weighted by Gasteiger charge is -2.27. The van der Waals surface area contributed by atoms with E-state index in [1.54, 1.807) is 6.07 Å². The lowest BCUT2D eigenvalue weighted by atomic mass is 10.1. The third-order valence-corrected chi connectivity index (χ3v) is 6.85. The molecule has 1 amide bonds. The number of hydrogen-bond acceptors (Lipinski definition) is 7. The van der Waals surface area contributed by atoms with Crippen LogP contribution in [0.2, 0.25) is 0 Å². The molecule has 2 aromatic carbocycles. The Morgan fingerprint density at radius 1 is 1.09 bits per heavy atom. The van der Waals surface area contributed by atoms with Gasteiger partial charge >= 0.3 is 0 Å². The summed E-state index contributed by atoms with van der Waals surface area (Å²) in [7, 11) is -1.00. The third kappa shape index (κ3) is 6.99. The van der Waals surface area contributed by atoms with E-state index in [4.69, 9.17) is 14.2 Å². The first-order valence-corrected chi connectivity index (χ1v) is 12.2. The zero-order chi connectivity index (χ0) is 23.7. The number of hydrogen-bond donors (Lipinski definition) is 2. The van der Waals surface area contributed by atoms with Gasteiger partial charge in [0.15, 0.2) is 0 Å². The van der Waals surface area contributed by atoms with Crippen LogP contribution < -0.4 is 14.8 Å². The van der Waals surface area contributed by atoms with Gasteiger partial charge in [0, 0.05) is 45.4 Å². The molecule has 1 aliphatic heterocycles. The standard InChI is InChI=1S/C23H31N3O6S/c1-30-12-9-25-33(28,29)22-15-18(7-8-21(22)31-2)23(27)24-16-19-5-3-4-6-20(19)17-26-10-13-32-14-11-26/h3-8,15,25H,9-14,16-17H2,1-2H3,(H,24,27). The van der Waals surface area contributed by atoms with Gasteiger partial charge in [-0.05, 0) is 29.3 Å². The Kier molecular flexibility index (Phi) is 9.21. The van der Waals surface area contributed by atoms with Crippen LogP contribution in [0.3, 0.4) is 0 Å². The predicted octanol–water partition coefficient (Wildman–Crippen LogP) is 1.38. The van der Waals surface area contributed by atoms with Crippen LogP contribution in [0.5, 0.6) is 5.75 Å². The number of benzene rings is 2. The van der Waals surface area contributed by atoms with E-state index >= 15 is 0 Å². The number of nitrogens with one attached hydrogen (secondary N) is 2. The van der Waals surface area contributed by atoms with Crippen LogP contribution in [0.1, 0.15) is 21.5 Å². The first-order valence-electron chi connectivity index (χ1n) is 10.8. The molecule has 1 saturated heterocycles. The summed E-state index contributed by atoms with van der Waals surface area (Å²) in [6.07, 6.45) is 0. The number of amides is 1. The zero-order valence-corrected chi connectivity index (χ0v) is 19.8. The molecule has 0 radical (unpaired) electrons. The fourth-order valence-electron chi connectivity index (χ4n) is 3.55. The third-order valence-electron chi connectivity index (χ3n) is 5.37. The average Bonchev–Trinajstić information content (AvgIpc) is 2.83. The average molecular weight is 478 g/mol. The first kappa shape index (κ1) is 25.1. The number of morpholine rings is 1. The molecule has 0 saturated carbocycles. The minimum atomic E-state index is -3.87. The van der Waals surface area contributed by atoms with Crippen molar-refractivity contribution in [3.8, 4) is 5.75 Å². The smallest absolute Gasteiger partial charge is 0.251 e. The molecule has 1 heterocycles. The van der Waals surface area contributed by atoms with Gasteiger partial charge in [0.1, 0.15) is 10.6 Å². The molecule has 33 heavy (non-hydrogen) atoms. The second-order valence-corrected chi connectivity index (χ2v) is 9.33. The highest BCUT2D eigenvalue weighted by Gasteiger charge is 2.21. The monoisotopic (exact) mass is 477 g/mol. The van der Waals surface area contributed by atoms with Crippen molar-refractivity contribution in [2.24, 2.45) is 0 Å². The maximum absolute atomic E-state index is 12.8. The van der Waals surface area contributed by atoms with Crippen molar-refractivity contribution in [2.45, 2.75) is 18.0 Å². The van der Waals surface area contributed by atoms with Crippen molar-refractivity contribution >= 4 is 15.9 Å². The topological polar surface area (TPSA) is 106 Å². The molecule has 180 valence electrons. The summed E-state index contributed by atoms with van der Waals surface area (Å²) in [6.45, 7) is 4.66. The Labute approximate surface area is 195 Å². The van der Waals surface area contributed by atoms with Gasteiger partial charge in [-0.15, -0.1) is 0 Å². The number of sulfonamides is 1. The lowest BCUT2D eigenvalue weighted by molar-refractivity contribution is 0.0340. The second kappa shape index (κ2) is 12.1. The summed E-state index contributed by atoms with van der Waals surface area (Å²) in [5.74, 6) is -0.209. The lowest BCUT2D eigenvalue weighted by Crippen LogP contribution is -2.36. The van der Waals surface area contributed by atoms with Crippen molar-refractivity contribution in [1.29, 1.82) is 0 Å². The maximum atomic E-state index is 12.8. The molecule has 10 heteroatoms. The Bertz CT molecular complexity index is 1040. The molecule has 3 rings (SSSR count). The molecule has 0 bridgehead atoms. The van der Waals surface area contributed by atoms with Crippen molar-refractivity contribution in [1.82, 2.24) is 14.9 Å². The molecule has 1 fully saturated rings. The number of carbonyl (C=O) groups is 1. The van der Waals surface area contributed by atoms with E-state index in [2.05, 4.69) is 21.0 Å². The highest BCUT2D eigenvalue weighted by molar-refractivity contribution is 7.89. The van der Waals surface area contributed by atoms with E-state index in [0.717, 1.165) is 44.0 Å². The van der Waals surface area contributed by atoms with E-state index < -0.39 is 10.0 Å². The van der Waals surface area contributed by atoms with E-state index in [-0.39, 0.29) is 35.3 Å². The molecule has 0 atom stereocenters. The number of carbonyl (C=O) groups excluding carboxylic acids is 1. The molecule has 0 spiro atoms. The minimum absolute atomic E-state index is 0.0959. The number of ether oxygens (including phenoxy) is 3. The van der Waals surface area contributed by atoms with Crippen molar-refractivity contribution in [2.75, 3.05) is 53.7 Å². The van der Waals surface area contributed by atoms with Gasteiger partial charge in [0.2, 0.25) is 10.0 Å². The van der Waals surface area contributed by atoms with E-state index in [1.165, 1.54) is 26.4 Å². The van der Waals surface area contributed by atoms with Crippen LogP contribution in [-0.4, -0.2) is 72.9 Å². The summed E-state index contributed by atoms with van der Waals surface area (Å²) >= 11 is 0. The van der Waals surface area contributed by atoms with Crippen LogP contribution >= 0.6 is 0 Å². The second-order valence-electron chi connectivity index (χ2n) is 7.60. The Hall–Kier alpha value is -2.50. The molecule has 0 aliphatic carbocycles. The van der Waals surface area contributed by atoms with Gasteiger partial charge in [-0.1, -0.05) is 24.3 Å². The number of rotatable bonds is 11. The van der Waals surface area contributed by atoms with Gasteiger partial charge in [-0.2, -0.15) is 0 Å². The van der Waals surface area contributed by atoms with Gasteiger partial charge in [0.25, 0.3) is 5.91 Å². The fourth-order valence-corrected chi connectivity index (χ4v) is 4.75. The van der Waals surface area contributed by atoms with E-state index in [0.29, 0.717) is 6.54 Å². The van der Waals surface area contributed by atoms with Crippen molar-refractivity contribution < 1.29 is 27.4 Å². The largest absolute Gasteiger partial charge is 0.495 e. The molecule has 0 unspecified atom stereocenters. The van der Waals surface area contributed by atoms with Crippen molar-refractivity contribution in [3.05, 3.63) is 59.2 Å². The van der Waals surface area contributed by atoms with Crippen LogP contribution in [0.25, 0.3) is 0 Å². The summed E-state index contributed by atoms with van der Waals surface area (Å²) in [4.78, 5) is 15.1. The Morgan fingerprint density at radius 2 is 1.82 bits per heavy atom. The number of methoxy groups -OCH3 is 2. The minimum Gasteiger partial charge on any atom is -0.495 e. The summed E-state index contributed by atoms with van der Waals surface area (Å²) in [6, 6.07) is 12.3. The molecular weight excluding hydrogens is 446 g/mol. The van der Waals surface area contributed by atoms with E-state index in [1.807, 2.05) is 18.2 Å². The quantitative estimate of drug-likeness (QED) is 0.471. The highest BCUT2D eigenvalue weighted by Crippen LogP contribution is 2.25. The Balaban J connectivity index is 1.71. The van der Waals surface area contributed by atoms with Crippen LogP contribution in [0.4, 0.5) is 0 Å². The van der Waals surface area contributed by atoms with Crippen LogP contribution in [0.15, 0.2) is 47.4 Å². The predicted molar refractivity (Wildman–Crippen MR) is 124 cm³/mol. The van der Waals surface area contributed by atoms with Gasteiger partial charge in [0.05, 0.1) is 26.9 Å². The van der Waals surface area contributed by atoms with Crippen LogP contribution in [-0.2, 0) is 32.6 Å². The maximum Gasteiger partial charge on any atom is 0.251 e. The van der Waals surface area contributed by atoms with Crippen molar-refractivity contribution in [3.63, 3.8) is 0 Å². The molecular formula is C23H31N3O6S. The zero-order valence-electron chi connectivity index (χ0n) is 19.0. The number of nitrogens with zero attached hydrogens (tertiary/aromatic N) is 1. The SMILES string of the molecule is COCCNS(=O)(=O)c1cc(C(=O)NCc2ccccc2CN2CCOCC2)ccc1OC. The normalized spacial score (nSPS) is 14.7. The molecule has 2 N–H and O–H groups in total. The Morgan fingerprint density at radius 3 is 2.52 bits per heavy atom. The van der Waals surface area contributed by atoms with E-state index in [9.17, 15) is 13.2 Å². The van der Waals surface area contributed by atoms with Gasteiger partial charge in [-0.3, -0.25) is 9.69 Å². The molecule has 2 aromatic rings. The molecule has 0 aromatic heterocycles. The van der Waals surface area contributed by atoms with Gasteiger partial charge in [-0.25, -0.2) is 13.1 Å². The molecule has 9 nitrogen and oxygen atoms in total. The highest BCUT2D eigenvalue weighted by atomic mass is 32.2. The summed E-state index contributed by atoms with van der Waals surface area (Å²) < 4.78 is 43.3. The summed E-state index contributed by atoms with van der Waals surface area (Å²) in [5, 5.41) is 2.90. The first-order chi connectivity index (χ1) is 15.9. The van der Waals surface area contributed by atoms with Crippen LogP contribution in [0, 0.1) is 0 Å².